The standard InChI is InChI=1S/C21H16N2O3S2/c1-22-20(25)13-5-4-12(11-15(13)21(22)26)19(24)23-8-6-16-14(7-10-28-16)18(23)17-3-2-9-27-17/h2-5,7,9-11,18H,6,8H2,1H3/t18-/m0/s1. The Balaban J connectivity index is 1.55. The lowest BCUT2D eigenvalue weighted by molar-refractivity contribution is 0.0688. The van der Waals surface area contributed by atoms with Gasteiger partial charge in [0.25, 0.3) is 17.7 Å². The molecule has 0 bridgehead atoms. The number of hydrogen-bond acceptors (Lipinski definition) is 5. The molecule has 0 unspecified atom stereocenters. The van der Waals surface area contributed by atoms with Crippen molar-refractivity contribution in [3.63, 3.8) is 0 Å². The average molecular weight is 409 g/mol. The summed E-state index contributed by atoms with van der Waals surface area (Å²) >= 11 is 3.37. The molecule has 0 fully saturated rings. The van der Waals surface area contributed by atoms with Crippen LogP contribution in [0.3, 0.4) is 0 Å². The van der Waals surface area contributed by atoms with E-state index in [0.29, 0.717) is 23.2 Å². The summed E-state index contributed by atoms with van der Waals surface area (Å²) in [6.45, 7) is 0.624. The van der Waals surface area contributed by atoms with E-state index in [4.69, 9.17) is 0 Å². The van der Waals surface area contributed by atoms with E-state index in [2.05, 4.69) is 17.5 Å². The molecule has 5 rings (SSSR count). The molecule has 2 aliphatic heterocycles. The predicted molar refractivity (Wildman–Crippen MR) is 108 cm³/mol. The molecule has 0 aliphatic carbocycles. The molecule has 0 radical (unpaired) electrons. The Labute approximate surface area is 169 Å². The topological polar surface area (TPSA) is 57.7 Å². The second kappa shape index (κ2) is 6.39. The van der Waals surface area contributed by atoms with Gasteiger partial charge in [-0.3, -0.25) is 19.3 Å². The molecule has 1 atom stereocenters. The van der Waals surface area contributed by atoms with E-state index in [-0.39, 0.29) is 23.8 Å². The molecule has 0 N–H and O–H groups in total. The molecule has 140 valence electrons. The number of rotatable bonds is 2. The fourth-order valence-corrected chi connectivity index (χ4v) is 5.71. The maximum Gasteiger partial charge on any atom is 0.261 e. The van der Waals surface area contributed by atoms with Gasteiger partial charge in [-0.15, -0.1) is 22.7 Å². The second-order valence-electron chi connectivity index (χ2n) is 6.90. The van der Waals surface area contributed by atoms with Crippen LogP contribution in [0.25, 0.3) is 0 Å². The van der Waals surface area contributed by atoms with E-state index in [0.717, 1.165) is 16.2 Å². The van der Waals surface area contributed by atoms with Gasteiger partial charge >= 0.3 is 0 Å². The van der Waals surface area contributed by atoms with Crippen LogP contribution in [0, 0.1) is 0 Å². The van der Waals surface area contributed by atoms with Crippen molar-refractivity contribution < 1.29 is 14.4 Å². The lowest BCUT2D eigenvalue weighted by Gasteiger charge is -2.35. The number of fused-ring (bicyclic) bond motifs is 2. The summed E-state index contributed by atoms with van der Waals surface area (Å²) in [7, 11) is 1.46. The summed E-state index contributed by atoms with van der Waals surface area (Å²) in [5.74, 6) is -0.799. The van der Waals surface area contributed by atoms with Crippen molar-refractivity contribution >= 4 is 40.4 Å². The normalized spacial score (nSPS) is 18.4. The number of carbonyl (C=O) groups excluding carboxylic acids is 3. The number of imide groups is 1. The summed E-state index contributed by atoms with van der Waals surface area (Å²) < 4.78 is 0. The first-order valence-electron chi connectivity index (χ1n) is 8.93. The van der Waals surface area contributed by atoms with Crippen LogP contribution in [0.1, 0.15) is 52.4 Å². The number of amides is 3. The van der Waals surface area contributed by atoms with Gasteiger partial charge in [0.2, 0.25) is 0 Å². The summed E-state index contributed by atoms with van der Waals surface area (Å²) in [5.41, 5.74) is 2.28. The molecular weight excluding hydrogens is 392 g/mol. The highest BCUT2D eigenvalue weighted by molar-refractivity contribution is 7.10. The number of hydrogen-bond donors (Lipinski definition) is 0. The molecule has 4 heterocycles. The number of carbonyl (C=O) groups is 3. The zero-order valence-corrected chi connectivity index (χ0v) is 16.7. The maximum absolute atomic E-state index is 13.4. The van der Waals surface area contributed by atoms with Crippen LogP contribution < -0.4 is 0 Å². The van der Waals surface area contributed by atoms with Gasteiger partial charge in [-0.25, -0.2) is 0 Å². The largest absolute Gasteiger partial charge is 0.326 e. The Hall–Kier alpha value is -2.77. The second-order valence-corrected chi connectivity index (χ2v) is 8.88. The molecule has 0 saturated heterocycles. The van der Waals surface area contributed by atoms with E-state index in [1.165, 1.54) is 17.5 Å². The van der Waals surface area contributed by atoms with Gasteiger partial charge in [0.05, 0.1) is 17.2 Å². The third-order valence-electron chi connectivity index (χ3n) is 5.38. The third-order valence-corrected chi connectivity index (χ3v) is 7.30. The zero-order valence-electron chi connectivity index (χ0n) is 15.0. The molecule has 1 aromatic carbocycles. The van der Waals surface area contributed by atoms with Gasteiger partial charge in [-0.2, -0.15) is 0 Å². The highest BCUT2D eigenvalue weighted by Crippen LogP contribution is 2.40. The Morgan fingerprint density at radius 3 is 2.64 bits per heavy atom. The Bertz CT molecular complexity index is 1120. The highest BCUT2D eigenvalue weighted by Gasteiger charge is 2.36. The first kappa shape index (κ1) is 17.3. The van der Waals surface area contributed by atoms with Crippen molar-refractivity contribution in [2.45, 2.75) is 12.5 Å². The van der Waals surface area contributed by atoms with Crippen LogP contribution in [-0.2, 0) is 6.42 Å². The van der Waals surface area contributed by atoms with Crippen LogP contribution >= 0.6 is 22.7 Å². The molecule has 3 amide bonds. The SMILES string of the molecule is CN1C(=O)c2ccc(C(=O)N3CCc4sccc4[C@H]3c3cccs3)cc2C1=O. The monoisotopic (exact) mass is 408 g/mol. The summed E-state index contributed by atoms with van der Waals surface area (Å²) in [4.78, 5) is 43.3. The van der Waals surface area contributed by atoms with E-state index in [1.807, 2.05) is 16.3 Å². The molecule has 3 aromatic rings. The van der Waals surface area contributed by atoms with Crippen LogP contribution in [-0.4, -0.2) is 41.1 Å². The van der Waals surface area contributed by atoms with Gasteiger partial charge in [0.15, 0.2) is 0 Å². The van der Waals surface area contributed by atoms with Gasteiger partial charge in [0.1, 0.15) is 0 Å². The molecule has 7 heteroatoms. The van der Waals surface area contributed by atoms with Crippen LogP contribution in [0.2, 0.25) is 0 Å². The molecule has 0 saturated carbocycles. The minimum atomic E-state index is -0.358. The molecular formula is C21H16N2O3S2. The van der Waals surface area contributed by atoms with Crippen molar-refractivity contribution in [3.05, 3.63) is 79.2 Å². The van der Waals surface area contributed by atoms with Gasteiger partial charge in [-0.05, 0) is 53.1 Å². The van der Waals surface area contributed by atoms with Crippen molar-refractivity contribution in [1.29, 1.82) is 0 Å². The maximum atomic E-state index is 13.4. The number of benzene rings is 1. The highest BCUT2D eigenvalue weighted by atomic mass is 32.1. The smallest absolute Gasteiger partial charge is 0.261 e. The third kappa shape index (κ3) is 2.47. The molecule has 2 aromatic heterocycles. The quantitative estimate of drug-likeness (QED) is 0.606. The van der Waals surface area contributed by atoms with E-state index < -0.39 is 0 Å². The van der Waals surface area contributed by atoms with E-state index in [1.54, 1.807) is 40.9 Å². The zero-order chi connectivity index (χ0) is 19.4. The minimum Gasteiger partial charge on any atom is -0.326 e. The summed E-state index contributed by atoms with van der Waals surface area (Å²) in [5, 5.41) is 4.10. The van der Waals surface area contributed by atoms with Gasteiger partial charge in [0, 0.05) is 28.9 Å². The van der Waals surface area contributed by atoms with Crippen molar-refractivity contribution in [1.82, 2.24) is 9.80 Å². The summed E-state index contributed by atoms with van der Waals surface area (Å²) in [6, 6.07) is 10.9. The van der Waals surface area contributed by atoms with Crippen molar-refractivity contribution in [3.8, 4) is 0 Å². The fourth-order valence-electron chi connectivity index (χ4n) is 3.95. The average Bonchev–Trinajstić information content (AvgIpc) is 3.45. The van der Waals surface area contributed by atoms with Crippen molar-refractivity contribution in [2.24, 2.45) is 0 Å². The lowest BCUT2D eigenvalue weighted by atomic mass is 9.96. The minimum absolute atomic E-state index is 0.115. The fraction of sp³-hybridized carbons (Fsp3) is 0.190. The summed E-state index contributed by atoms with van der Waals surface area (Å²) in [6.07, 6.45) is 0.825. The number of nitrogens with zero attached hydrogens (tertiary/aromatic N) is 2. The van der Waals surface area contributed by atoms with Crippen LogP contribution in [0.15, 0.2) is 47.2 Å². The Kier molecular flexibility index (Phi) is 3.96. The van der Waals surface area contributed by atoms with E-state index >= 15 is 0 Å². The molecule has 5 nitrogen and oxygen atoms in total. The van der Waals surface area contributed by atoms with Gasteiger partial charge < -0.3 is 4.90 Å². The first-order chi connectivity index (χ1) is 13.6. The lowest BCUT2D eigenvalue weighted by Crippen LogP contribution is -2.39. The Morgan fingerprint density at radius 2 is 1.86 bits per heavy atom. The van der Waals surface area contributed by atoms with E-state index in [9.17, 15) is 14.4 Å². The van der Waals surface area contributed by atoms with Crippen LogP contribution in [0.5, 0.6) is 0 Å². The van der Waals surface area contributed by atoms with Crippen molar-refractivity contribution in [2.75, 3.05) is 13.6 Å². The Morgan fingerprint density at radius 1 is 1.04 bits per heavy atom. The van der Waals surface area contributed by atoms with Crippen LogP contribution in [0.4, 0.5) is 0 Å². The predicted octanol–water partition coefficient (Wildman–Crippen LogP) is 3.82. The molecule has 0 spiro atoms. The molecule has 28 heavy (non-hydrogen) atoms. The molecule has 2 aliphatic rings. The number of thiophene rings is 2. The first-order valence-corrected chi connectivity index (χ1v) is 10.7. The van der Waals surface area contributed by atoms with Gasteiger partial charge in [-0.1, -0.05) is 6.07 Å².